The smallest absolute Gasteiger partial charge is 0.334 e. The number of piperidine rings is 1. The number of amides is 1. The molecule has 272 valence electrons. The van der Waals surface area contributed by atoms with Crippen LogP contribution in [-0.4, -0.2) is 54.6 Å². The van der Waals surface area contributed by atoms with Crippen molar-refractivity contribution in [2.24, 2.45) is 0 Å². The van der Waals surface area contributed by atoms with Crippen molar-refractivity contribution in [1.29, 1.82) is 0 Å². The van der Waals surface area contributed by atoms with E-state index < -0.39 is 28.9 Å². The zero-order valence-electron chi connectivity index (χ0n) is 29.5. The summed E-state index contributed by atoms with van der Waals surface area (Å²) < 4.78 is 69.0. The largest absolute Gasteiger partial charge is 0.416 e. The molecule has 13 heteroatoms. The van der Waals surface area contributed by atoms with E-state index in [0.29, 0.717) is 18.4 Å². The molecule has 4 aromatic rings. The number of aromatic nitrogens is 3. The van der Waals surface area contributed by atoms with E-state index in [-0.39, 0.29) is 64.7 Å². The zero-order valence-corrected chi connectivity index (χ0v) is 30.3. The van der Waals surface area contributed by atoms with Gasteiger partial charge in [-0.05, 0) is 88.9 Å². The highest BCUT2D eigenvalue weighted by atomic mass is 32.2. The van der Waals surface area contributed by atoms with Crippen molar-refractivity contribution in [2.45, 2.75) is 101 Å². The van der Waals surface area contributed by atoms with Crippen molar-refractivity contribution in [3.63, 3.8) is 0 Å². The second-order valence-electron chi connectivity index (χ2n) is 14.2. The normalized spacial score (nSPS) is 16.3. The first-order valence-electron chi connectivity index (χ1n) is 16.7. The molecule has 1 fully saturated rings. The predicted octanol–water partition coefficient (Wildman–Crippen LogP) is 8.14. The predicted molar refractivity (Wildman–Crippen MR) is 188 cm³/mol. The van der Waals surface area contributed by atoms with Crippen molar-refractivity contribution < 1.29 is 26.7 Å². The summed E-state index contributed by atoms with van der Waals surface area (Å²) in [6, 6.07) is 16.0. The highest BCUT2D eigenvalue weighted by Gasteiger charge is 2.45. The molecule has 7 nitrogen and oxygen atoms in total. The third-order valence-corrected chi connectivity index (χ3v) is 10.8. The molecule has 0 radical (unpaired) electrons. The van der Waals surface area contributed by atoms with E-state index in [9.17, 15) is 31.5 Å². The molecule has 0 spiro atoms. The summed E-state index contributed by atoms with van der Waals surface area (Å²) in [6.07, 6.45) is -2.78. The lowest BCUT2D eigenvalue weighted by molar-refractivity contribution is -0.140. The first kappa shape index (κ1) is 38.1. The molecule has 1 saturated heterocycles. The summed E-state index contributed by atoms with van der Waals surface area (Å²) in [5, 5.41) is 4.59. The number of rotatable bonds is 10. The molecule has 0 bridgehead atoms. The molecule has 0 N–H and O–H groups in total. The molecule has 51 heavy (non-hydrogen) atoms. The number of alkyl halides is 3. The summed E-state index contributed by atoms with van der Waals surface area (Å²) >= 11 is 0.994. The quantitative estimate of drug-likeness (QED) is 0.121. The van der Waals surface area contributed by atoms with Gasteiger partial charge in [-0.1, -0.05) is 67.2 Å². The van der Waals surface area contributed by atoms with Crippen molar-refractivity contribution >= 4 is 17.7 Å². The van der Waals surface area contributed by atoms with Gasteiger partial charge in [-0.15, -0.1) is 0 Å². The second kappa shape index (κ2) is 14.9. The van der Waals surface area contributed by atoms with Crippen molar-refractivity contribution in [2.75, 3.05) is 7.05 Å². The van der Waals surface area contributed by atoms with Gasteiger partial charge < -0.3 is 4.90 Å². The Labute approximate surface area is 298 Å². The Bertz CT molecular complexity index is 1910. The molecule has 1 aromatic heterocycles. The van der Waals surface area contributed by atoms with E-state index in [4.69, 9.17) is 0 Å². The number of carbonyl (C=O) groups is 1. The summed E-state index contributed by atoms with van der Waals surface area (Å²) in [5.74, 6) is -2.28. The van der Waals surface area contributed by atoms with Gasteiger partial charge in [0.2, 0.25) is 5.91 Å². The molecule has 3 aromatic carbocycles. The maximum Gasteiger partial charge on any atom is 0.416 e. The second-order valence-corrected chi connectivity index (χ2v) is 15.1. The summed E-state index contributed by atoms with van der Waals surface area (Å²) in [6.45, 7) is 10.3. The van der Waals surface area contributed by atoms with Gasteiger partial charge in [-0.3, -0.25) is 14.5 Å². The Morgan fingerprint density at radius 1 is 0.941 bits per heavy atom. The lowest BCUT2D eigenvalue weighted by atomic mass is 9.77. The summed E-state index contributed by atoms with van der Waals surface area (Å²) in [5.41, 5.74) is 0.686. The SMILES string of the molecule is CCc1nn(CC(=O)N(Cc2ccc(-c3ccc(C(F)(F)F)cc3)cc2)C2CC(C)(C)N(C)C(C)(C)C2)c(SCc2cccc(F)c2F)nc1=O. The van der Waals surface area contributed by atoms with Crippen LogP contribution >= 0.6 is 11.8 Å². The van der Waals surface area contributed by atoms with Gasteiger partial charge in [0.15, 0.2) is 16.8 Å². The van der Waals surface area contributed by atoms with Gasteiger partial charge in [-0.25, -0.2) is 13.5 Å². The van der Waals surface area contributed by atoms with Crippen LogP contribution in [0.4, 0.5) is 22.0 Å². The lowest BCUT2D eigenvalue weighted by Gasteiger charge is -2.55. The van der Waals surface area contributed by atoms with Crippen LogP contribution < -0.4 is 5.56 Å². The topological polar surface area (TPSA) is 71.3 Å². The van der Waals surface area contributed by atoms with Crippen LogP contribution in [0.15, 0.2) is 76.7 Å². The molecule has 2 heterocycles. The van der Waals surface area contributed by atoms with Gasteiger partial charge in [-0.2, -0.15) is 23.3 Å². The van der Waals surface area contributed by atoms with E-state index >= 15 is 0 Å². The highest BCUT2D eigenvalue weighted by molar-refractivity contribution is 7.98. The Morgan fingerprint density at radius 3 is 2.10 bits per heavy atom. The highest BCUT2D eigenvalue weighted by Crippen LogP contribution is 2.40. The molecule has 1 amide bonds. The van der Waals surface area contributed by atoms with Crippen LogP contribution in [0.1, 0.15) is 69.8 Å². The van der Waals surface area contributed by atoms with E-state index in [1.807, 2.05) is 29.2 Å². The van der Waals surface area contributed by atoms with Crippen LogP contribution in [0.3, 0.4) is 0 Å². The minimum Gasteiger partial charge on any atom is -0.334 e. The molecule has 0 saturated carbocycles. The average molecular weight is 728 g/mol. The Hall–Kier alpha value is -4.10. The Morgan fingerprint density at radius 2 is 1.53 bits per heavy atom. The summed E-state index contributed by atoms with van der Waals surface area (Å²) in [4.78, 5) is 35.5. The van der Waals surface area contributed by atoms with E-state index in [1.165, 1.54) is 28.9 Å². The first-order chi connectivity index (χ1) is 23.9. The number of hydrogen-bond acceptors (Lipinski definition) is 6. The van der Waals surface area contributed by atoms with Gasteiger partial charge in [0, 0.05) is 35.0 Å². The maximum absolute atomic E-state index is 14.5. The molecular formula is C38H42F5N5O2S. The number of carbonyl (C=O) groups excluding carboxylic acids is 1. The fourth-order valence-electron chi connectivity index (χ4n) is 6.70. The van der Waals surface area contributed by atoms with Gasteiger partial charge in [0.05, 0.1) is 5.56 Å². The minimum absolute atomic E-state index is 0.0380. The van der Waals surface area contributed by atoms with Crippen LogP contribution in [0.2, 0.25) is 0 Å². The molecule has 5 rings (SSSR count). The number of thioether (sulfide) groups is 1. The van der Waals surface area contributed by atoms with Crippen molar-refractivity contribution in [3.8, 4) is 11.1 Å². The third kappa shape index (κ3) is 8.69. The number of aryl methyl sites for hydroxylation is 1. The van der Waals surface area contributed by atoms with Gasteiger partial charge >= 0.3 is 6.18 Å². The van der Waals surface area contributed by atoms with E-state index in [1.54, 1.807) is 6.92 Å². The molecule has 0 unspecified atom stereocenters. The van der Waals surface area contributed by atoms with Crippen molar-refractivity contribution in [3.05, 3.63) is 111 Å². The molecule has 0 atom stereocenters. The van der Waals surface area contributed by atoms with Crippen LogP contribution in [-0.2, 0) is 36.2 Å². The first-order valence-corrected chi connectivity index (χ1v) is 17.7. The van der Waals surface area contributed by atoms with Gasteiger partial charge in [0.25, 0.3) is 5.56 Å². The van der Waals surface area contributed by atoms with E-state index in [0.717, 1.165) is 41.1 Å². The number of benzene rings is 3. The van der Waals surface area contributed by atoms with Crippen LogP contribution in [0, 0.1) is 11.6 Å². The Kier molecular flexibility index (Phi) is 11.1. The number of halogens is 5. The van der Waals surface area contributed by atoms with Gasteiger partial charge in [0.1, 0.15) is 12.2 Å². The fraction of sp³-hybridized carbons (Fsp3) is 0.421. The standard InChI is InChI=1S/C38H42F5N5O2S/c1-7-31-34(50)44-35(51-23-27-9-8-10-30(39)33(27)40)48(45-31)22-32(49)47(29-19-36(2,3)46(6)37(4,5)20-29)21-24-11-13-25(14-12-24)26-15-17-28(18-16-26)38(41,42)43/h8-18,29H,7,19-23H2,1-6H3. The van der Waals surface area contributed by atoms with E-state index in [2.05, 4.69) is 49.7 Å². The fourth-order valence-corrected chi connectivity index (χ4v) is 7.61. The third-order valence-electron chi connectivity index (χ3n) is 9.81. The van der Waals surface area contributed by atoms with Crippen LogP contribution in [0.5, 0.6) is 0 Å². The summed E-state index contributed by atoms with van der Waals surface area (Å²) in [7, 11) is 2.08. The zero-order chi connectivity index (χ0) is 37.3. The average Bonchev–Trinajstić information content (AvgIpc) is 3.07. The minimum atomic E-state index is -4.42. The number of nitrogens with zero attached hydrogens (tertiary/aromatic N) is 5. The molecular weight excluding hydrogens is 686 g/mol. The Balaban J connectivity index is 1.46. The monoisotopic (exact) mass is 727 g/mol. The van der Waals surface area contributed by atoms with Crippen molar-refractivity contribution in [1.82, 2.24) is 24.6 Å². The molecule has 0 aliphatic carbocycles. The molecule has 1 aliphatic rings. The number of hydrogen-bond donors (Lipinski definition) is 0. The molecule has 1 aliphatic heterocycles. The lowest BCUT2D eigenvalue weighted by Crippen LogP contribution is -2.63. The number of likely N-dealkylation sites (tertiary alicyclic amines) is 1. The van der Waals surface area contributed by atoms with Crippen LogP contribution in [0.25, 0.3) is 11.1 Å². The maximum atomic E-state index is 14.5.